The van der Waals surface area contributed by atoms with Crippen LogP contribution in [-0.2, 0) is 25.6 Å². The highest BCUT2D eigenvalue weighted by molar-refractivity contribution is 5.94. The van der Waals surface area contributed by atoms with E-state index in [0.29, 0.717) is 6.42 Å². The number of carboxylic acids is 1. The molecular formula is C24H38N4O6. The summed E-state index contributed by atoms with van der Waals surface area (Å²) in [4.78, 5) is 50.2. The average molecular weight is 479 g/mol. The number of carboxylic acid groups (broad SMARTS) is 1. The molecule has 0 radical (unpaired) electrons. The molecule has 6 unspecified atom stereocenters. The van der Waals surface area contributed by atoms with Crippen molar-refractivity contribution in [2.24, 2.45) is 17.6 Å². The maximum Gasteiger partial charge on any atom is 0.326 e. The predicted molar refractivity (Wildman–Crippen MR) is 128 cm³/mol. The van der Waals surface area contributed by atoms with Crippen LogP contribution < -0.4 is 21.7 Å². The van der Waals surface area contributed by atoms with Crippen LogP contribution in [0.2, 0.25) is 0 Å². The summed E-state index contributed by atoms with van der Waals surface area (Å²) in [5.74, 6) is -3.75. The molecular weight excluding hydrogens is 440 g/mol. The normalized spacial score (nSPS) is 16.5. The van der Waals surface area contributed by atoms with Gasteiger partial charge in [-0.2, -0.15) is 0 Å². The van der Waals surface area contributed by atoms with Crippen LogP contribution in [0.4, 0.5) is 0 Å². The first-order valence-corrected chi connectivity index (χ1v) is 11.5. The van der Waals surface area contributed by atoms with Gasteiger partial charge in [-0.25, -0.2) is 4.79 Å². The molecule has 3 amide bonds. The molecule has 1 aromatic carbocycles. The lowest BCUT2D eigenvalue weighted by molar-refractivity contribution is -0.142. The number of aliphatic hydroxyl groups excluding tert-OH is 1. The minimum atomic E-state index is -1.21. The van der Waals surface area contributed by atoms with Crippen molar-refractivity contribution in [2.45, 2.75) is 77.7 Å². The zero-order chi connectivity index (χ0) is 26.0. The van der Waals surface area contributed by atoms with Crippen LogP contribution in [0, 0.1) is 11.8 Å². The van der Waals surface area contributed by atoms with Gasteiger partial charge in [-0.3, -0.25) is 14.4 Å². The first-order chi connectivity index (χ1) is 15.9. The monoisotopic (exact) mass is 478 g/mol. The Morgan fingerprint density at radius 2 is 1.41 bits per heavy atom. The van der Waals surface area contributed by atoms with Crippen molar-refractivity contribution >= 4 is 23.7 Å². The van der Waals surface area contributed by atoms with Gasteiger partial charge in [-0.1, -0.05) is 64.4 Å². The van der Waals surface area contributed by atoms with Crippen LogP contribution in [0.5, 0.6) is 0 Å². The maximum atomic E-state index is 13.1. The molecule has 10 nitrogen and oxygen atoms in total. The standard InChI is InChI=1S/C24H38N4O6/c1-6-14(4)20(23(32)26-17(24(33)34)12-16-10-8-7-9-11-16)28-22(31)19(13(2)3)27-21(30)18(25)15(5)29/h7-11,13-15,17-20,29H,6,12,25H2,1-5H3,(H,26,32)(H,27,30)(H,28,31)(H,33,34). The molecule has 1 rings (SSSR count). The molecule has 6 atom stereocenters. The van der Waals surface area contributed by atoms with Gasteiger partial charge in [0.05, 0.1) is 6.10 Å². The zero-order valence-corrected chi connectivity index (χ0v) is 20.4. The molecule has 0 aliphatic heterocycles. The molecule has 0 aliphatic rings. The minimum Gasteiger partial charge on any atom is -0.480 e. The molecule has 0 spiro atoms. The van der Waals surface area contributed by atoms with Gasteiger partial charge < -0.3 is 31.9 Å². The number of nitrogens with one attached hydrogen (secondary N) is 3. The van der Waals surface area contributed by atoms with E-state index in [9.17, 15) is 29.4 Å². The molecule has 1 aromatic rings. The molecule has 190 valence electrons. The van der Waals surface area contributed by atoms with Gasteiger partial charge >= 0.3 is 5.97 Å². The van der Waals surface area contributed by atoms with Gasteiger partial charge in [-0.05, 0) is 24.3 Å². The number of aliphatic carboxylic acids is 1. The summed E-state index contributed by atoms with van der Waals surface area (Å²) in [6.45, 7) is 8.42. The van der Waals surface area contributed by atoms with E-state index in [2.05, 4.69) is 16.0 Å². The van der Waals surface area contributed by atoms with E-state index in [-0.39, 0.29) is 18.3 Å². The van der Waals surface area contributed by atoms with Crippen LogP contribution in [0.3, 0.4) is 0 Å². The quantitative estimate of drug-likeness (QED) is 0.235. The highest BCUT2D eigenvalue weighted by Crippen LogP contribution is 2.12. The molecule has 7 N–H and O–H groups in total. The van der Waals surface area contributed by atoms with Crippen LogP contribution in [-0.4, -0.2) is 64.2 Å². The second-order valence-corrected chi connectivity index (χ2v) is 8.96. The smallest absolute Gasteiger partial charge is 0.326 e. The van der Waals surface area contributed by atoms with Crippen molar-refractivity contribution < 1.29 is 29.4 Å². The summed E-state index contributed by atoms with van der Waals surface area (Å²) >= 11 is 0. The lowest BCUT2D eigenvalue weighted by atomic mass is 9.95. The fraction of sp³-hybridized carbons (Fsp3) is 0.583. The summed E-state index contributed by atoms with van der Waals surface area (Å²) in [5.41, 5.74) is 6.41. The largest absolute Gasteiger partial charge is 0.480 e. The molecule has 0 heterocycles. The fourth-order valence-electron chi connectivity index (χ4n) is 3.26. The first-order valence-electron chi connectivity index (χ1n) is 11.5. The van der Waals surface area contributed by atoms with Crippen molar-refractivity contribution in [3.8, 4) is 0 Å². The Labute approximate surface area is 200 Å². The number of hydrogen-bond acceptors (Lipinski definition) is 6. The Balaban J connectivity index is 3.01. The van der Waals surface area contributed by atoms with E-state index < -0.39 is 54.0 Å². The van der Waals surface area contributed by atoms with Crippen LogP contribution >= 0.6 is 0 Å². The Kier molecular flexibility index (Phi) is 11.7. The summed E-state index contributed by atoms with van der Waals surface area (Å²) < 4.78 is 0. The summed E-state index contributed by atoms with van der Waals surface area (Å²) in [7, 11) is 0. The number of rotatable bonds is 13. The van der Waals surface area contributed by atoms with E-state index in [1.54, 1.807) is 45.0 Å². The van der Waals surface area contributed by atoms with Gasteiger partial charge in [0.1, 0.15) is 24.2 Å². The van der Waals surface area contributed by atoms with Crippen molar-refractivity contribution in [1.82, 2.24) is 16.0 Å². The lowest BCUT2D eigenvalue weighted by Gasteiger charge is -2.29. The predicted octanol–water partition coefficient (Wildman–Crippen LogP) is 0.178. The number of carbonyl (C=O) groups excluding carboxylic acids is 3. The van der Waals surface area contributed by atoms with Crippen LogP contribution in [0.25, 0.3) is 0 Å². The fourth-order valence-corrected chi connectivity index (χ4v) is 3.26. The second-order valence-electron chi connectivity index (χ2n) is 8.96. The number of benzene rings is 1. The zero-order valence-electron chi connectivity index (χ0n) is 20.4. The second kappa shape index (κ2) is 13.7. The van der Waals surface area contributed by atoms with E-state index in [1.165, 1.54) is 6.92 Å². The molecule has 0 saturated heterocycles. The third-order valence-corrected chi connectivity index (χ3v) is 5.76. The van der Waals surface area contributed by atoms with Crippen molar-refractivity contribution in [3.63, 3.8) is 0 Å². The molecule has 34 heavy (non-hydrogen) atoms. The van der Waals surface area contributed by atoms with E-state index in [4.69, 9.17) is 5.73 Å². The molecule has 0 aromatic heterocycles. The van der Waals surface area contributed by atoms with Crippen molar-refractivity contribution in [2.75, 3.05) is 0 Å². The van der Waals surface area contributed by atoms with Crippen molar-refractivity contribution in [3.05, 3.63) is 35.9 Å². The minimum absolute atomic E-state index is 0.0883. The van der Waals surface area contributed by atoms with E-state index in [1.807, 2.05) is 13.0 Å². The Morgan fingerprint density at radius 1 is 0.882 bits per heavy atom. The number of carbonyl (C=O) groups is 4. The molecule has 0 fully saturated rings. The number of nitrogens with two attached hydrogens (primary N) is 1. The third kappa shape index (κ3) is 8.75. The van der Waals surface area contributed by atoms with E-state index in [0.717, 1.165) is 5.56 Å². The first kappa shape index (κ1) is 29.1. The van der Waals surface area contributed by atoms with Gasteiger partial charge in [0, 0.05) is 6.42 Å². The van der Waals surface area contributed by atoms with Crippen LogP contribution in [0.1, 0.15) is 46.6 Å². The molecule has 0 bridgehead atoms. The number of amides is 3. The Bertz CT molecular complexity index is 830. The number of hydrogen-bond donors (Lipinski definition) is 6. The van der Waals surface area contributed by atoms with Gasteiger partial charge in [0.15, 0.2) is 0 Å². The number of aliphatic hydroxyl groups is 1. The molecule has 0 saturated carbocycles. The highest BCUT2D eigenvalue weighted by Gasteiger charge is 2.34. The molecule has 0 aliphatic carbocycles. The Morgan fingerprint density at radius 3 is 1.88 bits per heavy atom. The average Bonchev–Trinajstić information content (AvgIpc) is 2.79. The topological polar surface area (TPSA) is 171 Å². The van der Waals surface area contributed by atoms with Gasteiger partial charge in [0.2, 0.25) is 17.7 Å². The lowest BCUT2D eigenvalue weighted by Crippen LogP contribution is -2.60. The van der Waals surface area contributed by atoms with Crippen LogP contribution in [0.15, 0.2) is 30.3 Å². The van der Waals surface area contributed by atoms with Gasteiger partial charge in [-0.15, -0.1) is 0 Å². The Hall–Kier alpha value is -2.98. The summed E-state index contributed by atoms with van der Waals surface area (Å²) in [5, 5.41) is 26.9. The molecule has 10 heteroatoms. The van der Waals surface area contributed by atoms with E-state index >= 15 is 0 Å². The maximum absolute atomic E-state index is 13.1. The third-order valence-electron chi connectivity index (χ3n) is 5.76. The van der Waals surface area contributed by atoms with Gasteiger partial charge in [0.25, 0.3) is 0 Å². The highest BCUT2D eigenvalue weighted by atomic mass is 16.4. The van der Waals surface area contributed by atoms with Crippen molar-refractivity contribution in [1.29, 1.82) is 0 Å². The SMILES string of the molecule is CCC(C)C(NC(=O)C(NC(=O)C(N)C(C)O)C(C)C)C(=O)NC(Cc1ccccc1)C(=O)O. The summed E-state index contributed by atoms with van der Waals surface area (Å²) in [6, 6.07) is 4.50. The summed E-state index contributed by atoms with van der Waals surface area (Å²) in [6.07, 6.45) is -0.474.